The molecule has 4 heteroatoms. The molecule has 1 aromatic heterocycles. The summed E-state index contributed by atoms with van der Waals surface area (Å²) in [5.74, 6) is 0. The summed E-state index contributed by atoms with van der Waals surface area (Å²) < 4.78 is 0. The average molecular weight is 299 g/mol. The van der Waals surface area contributed by atoms with Crippen LogP contribution in [0.25, 0.3) is 10.9 Å². The Balaban J connectivity index is 1.53. The minimum atomic E-state index is 0.0148. The van der Waals surface area contributed by atoms with E-state index in [9.17, 15) is 4.79 Å². The zero-order valence-corrected chi connectivity index (χ0v) is 13.1. The highest BCUT2D eigenvalue weighted by Gasteiger charge is 2.08. The van der Waals surface area contributed by atoms with Crippen LogP contribution in [0.5, 0.6) is 0 Å². The van der Waals surface area contributed by atoms with Crippen molar-refractivity contribution >= 4 is 10.9 Å². The second-order valence-corrected chi connectivity index (χ2v) is 6.14. The van der Waals surface area contributed by atoms with Crippen LogP contribution in [-0.4, -0.2) is 36.1 Å². The van der Waals surface area contributed by atoms with Crippen molar-refractivity contribution in [3.8, 4) is 0 Å². The van der Waals surface area contributed by atoms with Gasteiger partial charge in [0.2, 0.25) is 0 Å². The smallest absolute Gasteiger partial charge is 0.252 e. The Labute approximate surface area is 131 Å². The van der Waals surface area contributed by atoms with Crippen LogP contribution in [-0.2, 0) is 6.54 Å². The van der Waals surface area contributed by atoms with E-state index < -0.39 is 0 Å². The number of fused-ring (bicyclic) bond motifs is 1. The number of H-pyrrole nitrogens is 1. The number of rotatable bonds is 5. The molecule has 1 aliphatic rings. The number of para-hydroxylation sites is 1. The number of nitrogens with one attached hydrogen (secondary N) is 2. The highest BCUT2D eigenvalue weighted by atomic mass is 16.1. The summed E-state index contributed by atoms with van der Waals surface area (Å²) in [6.07, 6.45) is 5.39. The third-order valence-electron chi connectivity index (χ3n) is 4.45. The van der Waals surface area contributed by atoms with Crippen LogP contribution in [0, 0.1) is 0 Å². The summed E-state index contributed by atoms with van der Waals surface area (Å²) in [4.78, 5) is 17.6. The lowest BCUT2D eigenvalue weighted by Gasteiger charge is -2.19. The number of pyridine rings is 1. The predicted molar refractivity (Wildman–Crippen MR) is 91.2 cm³/mol. The van der Waals surface area contributed by atoms with E-state index in [0.29, 0.717) is 6.54 Å². The van der Waals surface area contributed by atoms with Crippen LogP contribution in [0.2, 0.25) is 0 Å². The molecule has 0 bridgehead atoms. The van der Waals surface area contributed by atoms with Gasteiger partial charge in [-0.25, -0.2) is 0 Å². The van der Waals surface area contributed by atoms with Gasteiger partial charge in [0, 0.05) is 30.7 Å². The van der Waals surface area contributed by atoms with Crippen molar-refractivity contribution in [2.45, 2.75) is 32.2 Å². The van der Waals surface area contributed by atoms with Crippen molar-refractivity contribution in [3.63, 3.8) is 0 Å². The van der Waals surface area contributed by atoms with Gasteiger partial charge in [-0.05, 0) is 43.5 Å². The molecule has 0 radical (unpaired) electrons. The minimum absolute atomic E-state index is 0.0148. The first-order valence-corrected chi connectivity index (χ1v) is 8.37. The number of hydrogen-bond donors (Lipinski definition) is 2. The lowest BCUT2D eigenvalue weighted by molar-refractivity contribution is 0.284. The molecule has 0 amide bonds. The molecule has 22 heavy (non-hydrogen) atoms. The molecule has 0 aliphatic carbocycles. The molecule has 2 N–H and O–H groups in total. The van der Waals surface area contributed by atoms with E-state index in [1.54, 1.807) is 0 Å². The van der Waals surface area contributed by atoms with Crippen LogP contribution in [0.3, 0.4) is 0 Å². The van der Waals surface area contributed by atoms with Crippen LogP contribution < -0.4 is 10.9 Å². The van der Waals surface area contributed by atoms with Crippen LogP contribution in [0.1, 0.15) is 31.2 Å². The first-order chi connectivity index (χ1) is 10.8. The Morgan fingerprint density at radius 3 is 2.68 bits per heavy atom. The Morgan fingerprint density at radius 2 is 1.86 bits per heavy atom. The molecule has 0 unspecified atom stereocenters. The predicted octanol–water partition coefficient (Wildman–Crippen LogP) is 2.49. The van der Waals surface area contributed by atoms with Gasteiger partial charge in [0.05, 0.1) is 0 Å². The van der Waals surface area contributed by atoms with E-state index in [0.717, 1.165) is 29.6 Å². The second kappa shape index (κ2) is 7.56. The Morgan fingerprint density at radius 1 is 1.09 bits per heavy atom. The zero-order chi connectivity index (χ0) is 15.2. The lowest BCUT2D eigenvalue weighted by atomic mass is 10.1. The lowest BCUT2D eigenvalue weighted by Crippen LogP contribution is -2.33. The van der Waals surface area contributed by atoms with E-state index in [4.69, 9.17) is 0 Å². The fourth-order valence-corrected chi connectivity index (χ4v) is 3.14. The quantitative estimate of drug-likeness (QED) is 0.834. The Kier molecular flexibility index (Phi) is 5.24. The molecule has 0 atom stereocenters. The van der Waals surface area contributed by atoms with Crippen molar-refractivity contribution in [2.75, 3.05) is 26.2 Å². The summed E-state index contributed by atoms with van der Waals surface area (Å²) in [6, 6.07) is 9.90. The maximum absolute atomic E-state index is 12.1. The maximum Gasteiger partial charge on any atom is 0.252 e. The SMILES string of the molecule is O=c1[nH]c2ccccc2cc1CNCCN1CCCCCC1. The van der Waals surface area contributed by atoms with Crippen LogP contribution in [0.4, 0.5) is 0 Å². The standard InChI is InChI=1S/C18H25N3O/c22-18-16(13-15-7-3-4-8-17(15)20-18)14-19-9-12-21-10-5-1-2-6-11-21/h3-4,7-8,13,19H,1-2,5-6,9-12,14H2,(H,20,22). The third-order valence-corrected chi connectivity index (χ3v) is 4.45. The molecule has 1 saturated heterocycles. The second-order valence-electron chi connectivity index (χ2n) is 6.14. The monoisotopic (exact) mass is 299 g/mol. The molecule has 1 aliphatic heterocycles. The summed E-state index contributed by atoms with van der Waals surface area (Å²) in [6.45, 7) is 5.09. The number of likely N-dealkylation sites (tertiary alicyclic amines) is 1. The van der Waals surface area contributed by atoms with E-state index in [1.165, 1.54) is 38.8 Å². The third kappa shape index (κ3) is 3.96. The van der Waals surface area contributed by atoms with Gasteiger partial charge in [-0.1, -0.05) is 31.0 Å². The molecule has 0 spiro atoms. The van der Waals surface area contributed by atoms with Crippen molar-refractivity contribution in [3.05, 3.63) is 46.2 Å². The van der Waals surface area contributed by atoms with Crippen LogP contribution >= 0.6 is 0 Å². The van der Waals surface area contributed by atoms with Gasteiger partial charge >= 0.3 is 0 Å². The van der Waals surface area contributed by atoms with E-state index in [2.05, 4.69) is 15.2 Å². The summed E-state index contributed by atoms with van der Waals surface area (Å²) >= 11 is 0. The summed E-state index contributed by atoms with van der Waals surface area (Å²) in [7, 11) is 0. The average Bonchev–Trinajstić information content (AvgIpc) is 2.80. The highest BCUT2D eigenvalue weighted by Crippen LogP contribution is 2.10. The molecular formula is C18H25N3O. The Hall–Kier alpha value is -1.65. The first kappa shape index (κ1) is 15.3. The minimum Gasteiger partial charge on any atom is -0.322 e. The number of aromatic amines is 1. The van der Waals surface area contributed by atoms with Crippen molar-refractivity contribution in [1.29, 1.82) is 0 Å². The molecule has 4 nitrogen and oxygen atoms in total. The van der Waals surface area contributed by atoms with Gasteiger partial charge in [-0.2, -0.15) is 0 Å². The maximum atomic E-state index is 12.1. The van der Waals surface area contributed by atoms with Crippen molar-refractivity contribution < 1.29 is 0 Å². The first-order valence-electron chi connectivity index (χ1n) is 8.37. The highest BCUT2D eigenvalue weighted by molar-refractivity contribution is 5.78. The normalized spacial score (nSPS) is 16.7. The molecule has 1 aromatic carbocycles. The molecule has 2 heterocycles. The van der Waals surface area contributed by atoms with Gasteiger partial charge in [0.1, 0.15) is 0 Å². The molecule has 118 valence electrons. The van der Waals surface area contributed by atoms with E-state index in [1.807, 2.05) is 30.3 Å². The van der Waals surface area contributed by atoms with Crippen LogP contribution in [0.15, 0.2) is 35.1 Å². The molecule has 2 aromatic rings. The fourth-order valence-electron chi connectivity index (χ4n) is 3.14. The van der Waals surface area contributed by atoms with E-state index >= 15 is 0 Å². The number of nitrogens with zero attached hydrogens (tertiary/aromatic N) is 1. The summed E-state index contributed by atoms with van der Waals surface area (Å²) in [5, 5.41) is 4.50. The van der Waals surface area contributed by atoms with E-state index in [-0.39, 0.29) is 5.56 Å². The summed E-state index contributed by atoms with van der Waals surface area (Å²) in [5.41, 5.74) is 1.73. The van der Waals surface area contributed by atoms with Crippen molar-refractivity contribution in [1.82, 2.24) is 15.2 Å². The topological polar surface area (TPSA) is 48.1 Å². The Bertz CT molecular complexity index is 657. The number of hydrogen-bond acceptors (Lipinski definition) is 3. The van der Waals surface area contributed by atoms with Gasteiger partial charge in [-0.3, -0.25) is 4.79 Å². The zero-order valence-electron chi connectivity index (χ0n) is 13.1. The number of aromatic nitrogens is 1. The van der Waals surface area contributed by atoms with Gasteiger partial charge in [0.15, 0.2) is 0 Å². The largest absolute Gasteiger partial charge is 0.322 e. The molecule has 3 rings (SSSR count). The van der Waals surface area contributed by atoms with Gasteiger partial charge in [0.25, 0.3) is 5.56 Å². The van der Waals surface area contributed by atoms with Gasteiger partial charge in [-0.15, -0.1) is 0 Å². The fraction of sp³-hybridized carbons (Fsp3) is 0.500. The molecular weight excluding hydrogens is 274 g/mol. The molecule has 0 saturated carbocycles. The van der Waals surface area contributed by atoms with Crippen molar-refractivity contribution in [2.24, 2.45) is 0 Å². The molecule has 1 fully saturated rings. The van der Waals surface area contributed by atoms with Gasteiger partial charge < -0.3 is 15.2 Å². The number of benzene rings is 1.